The quantitative estimate of drug-likeness (QED) is 0.0435. The summed E-state index contributed by atoms with van der Waals surface area (Å²) in [6.07, 6.45) is 15.5. The molecule has 0 heterocycles. The molecule has 0 spiro atoms. The second-order valence-corrected chi connectivity index (χ2v) is 15.5. The Morgan fingerprint density at radius 1 is 0.467 bits per heavy atom. The molecule has 1 atom stereocenters. The average molecular weight is 878 g/mol. The lowest BCUT2D eigenvalue weighted by atomic mass is 10.0. The smallest absolute Gasteiger partial charge is 0.326 e. The van der Waals surface area contributed by atoms with Crippen LogP contribution in [0.5, 0.6) is 0 Å². The maximum absolute atomic E-state index is 12.3. The molecule has 0 aliphatic carbocycles. The minimum Gasteiger partial charge on any atom is -0.481 e. The first-order chi connectivity index (χ1) is 29.0. The Bertz CT molecular complexity index is 1170. The van der Waals surface area contributed by atoms with Gasteiger partial charge in [-0.15, -0.1) is 0 Å². The number of amides is 5. The van der Waals surface area contributed by atoms with Crippen LogP contribution in [0, 0.1) is 0 Å². The zero-order valence-corrected chi connectivity index (χ0v) is 36.8. The molecule has 0 bridgehead atoms. The first-order valence-electron chi connectivity index (χ1n) is 21.7. The van der Waals surface area contributed by atoms with E-state index in [1.54, 1.807) is 0 Å². The Balaban J connectivity index is 3.65. The van der Waals surface area contributed by atoms with Gasteiger partial charge in [-0.3, -0.25) is 28.8 Å². The van der Waals surface area contributed by atoms with E-state index in [0.29, 0.717) is 25.3 Å². The molecule has 0 aromatic rings. The van der Waals surface area contributed by atoms with E-state index in [4.69, 9.17) is 24.1 Å². The lowest BCUT2D eigenvalue weighted by Gasteiger charge is -2.14. The van der Waals surface area contributed by atoms with Crippen LogP contribution in [0.1, 0.15) is 122 Å². The molecule has 18 nitrogen and oxygen atoms in total. The summed E-state index contributed by atoms with van der Waals surface area (Å²) in [6, 6.07) is -1.14. The summed E-state index contributed by atoms with van der Waals surface area (Å²) >= 11 is 1.53. The third-order valence-electron chi connectivity index (χ3n) is 8.89. The predicted molar refractivity (Wildman–Crippen MR) is 229 cm³/mol. The number of hydrogen-bond acceptors (Lipinski definition) is 12. The molecule has 0 aliphatic heterocycles. The van der Waals surface area contributed by atoms with Crippen molar-refractivity contribution >= 4 is 53.2 Å². The van der Waals surface area contributed by atoms with Gasteiger partial charge in [0.05, 0.1) is 45.4 Å². The molecule has 0 unspecified atom stereocenters. The van der Waals surface area contributed by atoms with Crippen molar-refractivity contribution in [3.63, 3.8) is 0 Å². The molecule has 0 rings (SSSR count). The largest absolute Gasteiger partial charge is 0.481 e. The van der Waals surface area contributed by atoms with E-state index in [9.17, 15) is 38.7 Å². The zero-order chi connectivity index (χ0) is 44.3. The van der Waals surface area contributed by atoms with E-state index < -0.39 is 18.0 Å². The molecule has 5 amide bonds. The number of nitrogens with one attached hydrogen (secondary N) is 5. The number of carbonyl (C=O) groups excluding carboxylic acids is 5. The Kier molecular flexibility index (Phi) is 39.7. The third kappa shape index (κ3) is 41.2. The fraction of sp³-hybridized carbons (Fsp3) is 0.829. The van der Waals surface area contributed by atoms with Gasteiger partial charge in [-0.25, -0.2) is 4.79 Å². The van der Waals surface area contributed by atoms with Crippen LogP contribution in [0.4, 0.5) is 0 Å². The van der Waals surface area contributed by atoms with Gasteiger partial charge in [0.25, 0.3) is 0 Å². The number of hydrogen-bond donors (Lipinski definition) is 7. The van der Waals surface area contributed by atoms with Gasteiger partial charge in [0.15, 0.2) is 0 Å². The van der Waals surface area contributed by atoms with Crippen LogP contribution < -0.4 is 26.6 Å². The van der Waals surface area contributed by atoms with Crippen LogP contribution in [0.15, 0.2) is 0 Å². The summed E-state index contributed by atoms with van der Waals surface area (Å²) in [5.74, 6) is -2.00. The van der Waals surface area contributed by atoms with Gasteiger partial charge in [0, 0.05) is 45.4 Å². The van der Waals surface area contributed by atoms with Crippen LogP contribution in [-0.2, 0) is 52.5 Å². The number of thioether (sulfide) groups is 1. The fourth-order valence-electron chi connectivity index (χ4n) is 5.62. The lowest BCUT2D eigenvalue weighted by molar-refractivity contribution is -0.142. The number of aliphatic carboxylic acids is 2. The van der Waals surface area contributed by atoms with Crippen LogP contribution >= 0.6 is 11.8 Å². The lowest BCUT2D eigenvalue weighted by Crippen LogP contribution is -2.41. The molecule has 0 saturated carbocycles. The third-order valence-corrected chi connectivity index (χ3v) is 9.77. The van der Waals surface area contributed by atoms with E-state index in [1.807, 2.05) is 6.92 Å². The van der Waals surface area contributed by atoms with Crippen LogP contribution in [0.3, 0.4) is 0 Å². The van der Waals surface area contributed by atoms with Crippen molar-refractivity contribution in [2.75, 3.05) is 90.5 Å². The summed E-state index contributed by atoms with van der Waals surface area (Å²) < 4.78 is 21.3. The standard InChI is InChI=1S/C41H75N5O13S/c1-2-60-33-39(51)43-22-21-42-37(49)31-58-29-28-57-26-24-45-38(50)32-59-30-27-56-25-23-44-35(47)20-19-34(41(54)55)46-36(48)17-15-13-11-9-7-5-3-4-6-8-10-12-14-16-18-40(52)53/h34H,2-33H2,1H3,(H,42,49)(H,43,51)(H,44,47)(H,45,50)(H,46,48)(H,52,53)(H,54,55)/t34-/m1/s1. The zero-order valence-electron chi connectivity index (χ0n) is 36.0. The highest BCUT2D eigenvalue weighted by Gasteiger charge is 2.20. The topological polar surface area (TPSA) is 257 Å². The summed E-state index contributed by atoms with van der Waals surface area (Å²) in [7, 11) is 0. The molecule has 0 fully saturated rings. The molecule has 0 aromatic carbocycles. The normalized spacial score (nSPS) is 11.4. The molecule has 7 N–H and O–H groups in total. The SMILES string of the molecule is CCSCC(=O)NCCNC(=O)COCCOCCNC(=O)COCCOCCNC(=O)CC[C@@H](NC(=O)CCCCCCCCCCCCCCCCC(=O)O)C(=O)O. The Morgan fingerprint density at radius 2 is 0.883 bits per heavy atom. The highest BCUT2D eigenvalue weighted by atomic mass is 32.2. The molecule has 0 radical (unpaired) electrons. The van der Waals surface area contributed by atoms with E-state index in [1.165, 1.54) is 56.7 Å². The molecule has 0 aliphatic rings. The summed E-state index contributed by atoms with van der Waals surface area (Å²) in [5, 5.41) is 31.3. The number of ether oxygens (including phenoxy) is 4. The van der Waals surface area contributed by atoms with Gasteiger partial charge in [0.2, 0.25) is 29.5 Å². The van der Waals surface area contributed by atoms with Gasteiger partial charge in [-0.05, 0) is 25.0 Å². The van der Waals surface area contributed by atoms with Crippen LogP contribution in [0.25, 0.3) is 0 Å². The monoisotopic (exact) mass is 878 g/mol. The second-order valence-electron chi connectivity index (χ2n) is 14.2. The Labute approximate surface area is 360 Å². The van der Waals surface area contributed by atoms with Gasteiger partial charge in [0.1, 0.15) is 19.3 Å². The van der Waals surface area contributed by atoms with Crippen molar-refractivity contribution in [2.24, 2.45) is 0 Å². The Morgan fingerprint density at radius 3 is 1.35 bits per heavy atom. The van der Waals surface area contributed by atoms with Crippen LogP contribution in [-0.4, -0.2) is 148 Å². The number of carboxylic acid groups (broad SMARTS) is 2. The highest BCUT2D eigenvalue weighted by molar-refractivity contribution is 7.99. The number of carboxylic acids is 2. The van der Waals surface area contributed by atoms with Crippen molar-refractivity contribution in [3.05, 3.63) is 0 Å². The molecular formula is C41H75N5O13S. The second kappa shape index (κ2) is 42.2. The van der Waals surface area contributed by atoms with Gasteiger partial charge in [-0.1, -0.05) is 84.0 Å². The number of rotatable bonds is 44. The van der Waals surface area contributed by atoms with E-state index in [0.717, 1.165) is 44.3 Å². The summed E-state index contributed by atoms with van der Waals surface area (Å²) in [6.45, 7) is 4.11. The molecule has 348 valence electrons. The number of unbranched alkanes of at least 4 members (excludes halogenated alkanes) is 13. The van der Waals surface area contributed by atoms with Gasteiger partial charge in [-0.2, -0.15) is 11.8 Å². The molecule has 0 aromatic heterocycles. The Hall–Kier alpha value is -3.52. The fourth-order valence-corrected chi connectivity index (χ4v) is 6.11. The maximum atomic E-state index is 12.3. The minimum atomic E-state index is -1.18. The van der Waals surface area contributed by atoms with Crippen LogP contribution in [0.2, 0.25) is 0 Å². The van der Waals surface area contributed by atoms with Crippen molar-refractivity contribution in [2.45, 2.75) is 129 Å². The average Bonchev–Trinajstić information content (AvgIpc) is 3.21. The highest BCUT2D eigenvalue weighted by Crippen LogP contribution is 2.14. The molecule has 0 saturated heterocycles. The first kappa shape index (κ1) is 56.5. The van der Waals surface area contributed by atoms with E-state index >= 15 is 0 Å². The number of carbonyl (C=O) groups is 7. The molecule has 60 heavy (non-hydrogen) atoms. The minimum absolute atomic E-state index is 0.0272. The van der Waals surface area contributed by atoms with Gasteiger partial charge >= 0.3 is 11.9 Å². The van der Waals surface area contributed by atoms with Gasteiger partial charge < -0.3 is 55.7 Å². The van der Waals surface area contributed by atoms with E-state index in [2.05, 4.69) is 26.6 Å². The maximum Gasteiger partial charge on any atom is 0.326 e. The molecular weight excluding hydrogens is 803 g/mol. The van der Waals surface area contributed by atoms with E-state index in [-0.39, 0.29) is 121 Å². The van der Waals surface area contributed by atoms with Crippen molar-refractivity contribution < 1.29 is 62.7 Å². The summed E-state index contributed by atoms with van der Waals surface area (Å²) in [5.41, 5.74) is 0. The van der Waals surface area contributed by atoms with Crippen molar-refractivity contribution in [3.8, 4) is 0 Å². The summed E-state index contributed by atoms with van der Waals surface area (Å²) in [4.78, 5) is 81.8. The van der Waals surface area contributed by atoms with Crippen molar-refractivity contribution in [1.82, 2.24) is 26.6 Å². The molecule has 19 heteroatoms. The van der Waals surface area contributed by atoms with Crippen molar-refractivity contribution in [1.29, 1.82) is 0 Å². The predicted octanol–water partition coefficient (Wildman–Crippen LogP) is 2.95. The first-order valence-corrected chi connectivity index (χ1v) is 22.9.